The molecule has 1 aromatic heterocycles. The molecule has 9 heteroatoms. The number of anilines is 1. The Morgan fingerprint density at radius 3 is 2.56 bits per heavy atom. The van der Waals surface area contributed by atoms with E-state index in [0.717, 1.165) is 23.3 Å². The molecule has 1 saturated carbocycles. The fourth-order valence-corrected chi connectivity index (χ4v) is 4.64. The number of urea groups is 1. The van der Waals surface area contributed by atoms with Gasteiger partial charge in [0, 0.05) is 11.1 Å². The molecule has 174 valence electrons. The number of nitrogens with one attached hydrogen (secondary N) is 3. The minimum Gasteiger partial charge on any atom is -0.324 e. The molecule has 0 atom stereocenters. The molecule has 5 rings (SSSR count). The molecule has 1 saturated heterocycles. The molecule has 2 aromatic carbocycles. The molecular weight excluding hydrogens is 432 g/mol. The van der Waals surface area contributed by atoms with E-state index in [1.165, 1.54) is 0 Å². The molecule has 3 N–H and O–H groups in total. The van der Waals surface area contributed by atoms with Crippen molar-refractivity contribution in [2.45, 2.75) is 38.1 Å². The van der Waals surface area contributed by atoms with Gasteiger partial charge in [0.25, 0.3) is 5.91 Å². The highest BCUT2D eigenvalue weighted by molar-refractivity contribution is 6.10. The van der Waals surface area contributed by atoms with Crippen LogP contribution in [-0.4, -0.2) is 50.0 Å². The van der Waals surface area contributed by atoms with Crippen LogP contribution in [0.25, 0.3) is 22.8 Å². The molecule has 1 aliphatic heterocycles. The summed E-state index contributed by atoms with van der Waals surface area (Å²) in [6.07, 6.45) is 2.97. The van der Waals surface area contributed by atoms with E-state index in [0.29, 0.717) is 41.7 Å². The maximum absolute atomic E-state index is 13.1. The molecule has 3 aromatic rings. The third-order valence-corrected chi connectivity index (χ3v) is 6.65. The number of aromatic nitrogens is 3. The lowest BCUT2D eigenvalue weighted by atomic mass is 9.77. The Labute approximate surface area is 197 Å². The first-order chi connectivity index (χ1) is 16.4. The molecule has 4 amide bonds. The van der Waals surface area contributed by atoms with E-state index >= 15 is 0 Å². The van der Waals surface area contributed by atoms with Crippen LogP contribution in [0.1, 0.15) is 32.6 Å². The summed E-state index contributed by atoms with van der Waals surface area (Å²) in [5.74, 6) is 0.807. The SMILES string of the molecule is CC1CCC2(CC1)NC(=O)N(CC(=O)Nc1ccccc1-c1nc(-c3ccccc3)n[nH]1)C2=O. The Morgan fingerprint density at radius 1 is 1.09 bits per heavy atom. The number of amides is 4. The van der Waals surface area contributed by atoms with Gasteiger partial charge >= 0.3 is 6.03 Å². The van der Waals surface area contributed by atoms with Gasteiger partial charge in [0.15, 0.2) is 11.6 Å². The summed E-state index contributed by atoms with van der Waals surface area (Å²) in [6, 6.07) is 16.2. The number of imide groups is 1. The van der Waals surface area contributed by atoms with E-state index in [1.54, 1.807) is 12.1 Å². The number of carbonyl (C=O) groups is 3. The number of hydrogen-bond donors (Lipinski definition) is 3. The standard InChI is InChI=1S/C25H26N6O3/c1-16-11-13-25(14-12-16)23(33)31(24(34)28-25)15-20(32)26-19-10-6-5-9-18(19)22-27-21(29-30-22)17-7-3-2-4-8-17/h2-10,16H,11-15H2,1H3,(H,26,32)(H,28,34)(H,27,29,30). The van der Waals surface area contributed by atoms with Gasteiger partial charge in [0.05, 0.1) is 5.69 Å². The Kier molecular flexibility index (Phi) is 5.61. The fraction of sp³-hybridized carbons (Fsp3) is 0.320. The van der Waals surface area contributed by atoms with Crippen LogP contribution in [0.15, 0.2) is 54.6 Å². The minimum atomic E-state index is -0.866. The number of rotatable bonds is 5. The Balaban J connectivity index is 1.31. The number of nitrogens with zero attached hydrogens (tertiary/aromatic N) is 3. The van der Waals surface area contributed by atoms with E-state index in [2.05, 4.69) is 32.7 Å². The number of H-pyrrole nitrogens is 1. The molecule has 2 heterocycles. The molecule has 9 nitrogen and oxygen atoms in total. The van der Waals surface area contributed by atoms with Crippen LogP contribution in [0.3, 0.4) is 0 Å². The molecule has 1 spiro atoms. The summed E-state index contributed by atoms with van der Waals surface area (Å²) in [4.78, 5) is 44.0. The number of aromatic amines is 1. The quantitative estimate of drug-likeness (QED) is 0.505. The zero-order valence-electron chi connectivity index (χ0n) is 18.9. The van der Waals surface area contributed by atoms with Crippen molar-refractivity contribution in [3.63, 3.8) is 0 Å². The Hall–Kier alpha value is -4.01. The van der Waals surface area contributed by atoms with Crippen molar-refractivity contribution >= 4 is 23.5 Å². The molecule has 0 bridgehead atoms. The van der Waals surface area contributed by atoms with Crippen LogP contribution in [0.4, 0.5) is 10.5 Å². The molecule has 1 aliphatic carbocycles. The lowest BCUT2D eigenvalue weighted by Gasteiger charge is -2.33. The largest absolute Gasteiger partial charge is 0.325 e. The zero-order chi connectivity index (χ0) is 23.7. The number of hydrogen-bond acceptors (Lipinski definition) is 5. The third kappa shape index (κ3) is 4.05. The van der Waals surface area contributed by atoms with Gasteiger partial charge in [-0.3, -0.25) is 19.6 Å². The van der Waals surface area contributed by atoms with Crippen molar-refractivity contribution < 1.29 is 14.4 Å². The van der Waals surface area contributed by atoms with Gasteiger partial charge in [0.2, 0.25) is 5.91 Å². The van der Waals surface area contributed by atoms with E-state index in [1.807, 2.05) is 42.5 Å². The number of para-hydroxylation sites is 1. The van der Waals surface area contributed by atoms with E-state index in [9.17, 15) is 14.4 Å². The predicted octanol–water partition coefficient (Wildman–Crippen LogP) is 3.58. The van der Waals surface area contributed by atoms with Gasteiger partial charge in [-0.25, -0.2) is 9.78 Å². The van der Waals surface area contributed by atoms with Crippen LogP contribution in [0.2, 0.25) is 0 Å². The highest BCUT2D eigenvalue weighted by Gasteiger charge is 2.52. The second-order valence-electron chi connectivity index (χ2n) is 9.05. The van der Waals surface area contributed by atoms with Gasteiger partial charge in [-0.05, 0) is 43.7 Å². The van der Waals surface area contributed by atoms with Gasteiger partial charge in [0.1, 0.15) is 12.1 Å². The van der Waals surface area contributed by atoms with Gasteiger partial charge in [-0.2, -0.15) is 5.10 Å². The fourth-order valence-electron chi connectivity index (χ4n) is 4.64. The van der Waals surface area contributed by atoms with Crippen molar-refractivity contribution in [3.05, 3.63) is 54.6 Å². The lowest BCUT2D eigenvalue weighted by molar-refractivity contribution is -0.135. The van der Waals surface area contributed by atoms with E-state index < -0.39 is 17.5 Å². The van der Waals surface area contributed by atoms with Gasteiger partial charge in [-0.15, -0.1) is 0 Å². The van der Waals surface area contributed by atoms with Crippen LogP contribution < -0.4 is 10.6 Å². The summed E-state index contributed by atoms with van der Waals surface area (Å²) >= 11 is 0. The second kappa shape index (κ2) is 8.74. The van der Waals surface area contributed by atoms with Gasteiger partial charge in [-0.1, -0.05) is 49.4 Å². The van der Waals surface area contributed by atoms with Crippen molar-refractivity contribution in [1.82, 2.24) is 25.4 Å². The highest BCUT2D eigenvalue weighted by atomic mass is 16.2. The van der Waals surface area contributed by atoms with Gasteiger partial charge < -0.3 is 10.6 Å². The molecule has 0 unspecified atom stereocenters. The van der Waals surface area contributed by atoms with Crippen molar-refractivity contribution in [2.75, 3.05) is 11.9 Å². The third-order valence-electron chi connectivity index (χ3n) is 6.65. The number of benzene rings is 2. The molecule has 0 radical (unpaired) electrons. The number of carbonyl (C=O) groups excluding carboxylic acids is 3. The highest BCUT2D eigenvalue weighted by Crippen LogP contribution is 2.36. The Bertz CT molecular complexity index is 1230. The maximum Gasteiger partial charge on any atom is 0.325 e. The summed E-state index contributed by atoms with van der Waals surface area (Å²) < 4.78 is 0. The van der Waals surface area contributed by atoms with Crippen LogP contribution in [0.5, 0.6) is 0 Å². The molecule has 2 fully saturated rings. The van der Waals surface area contributed by atoms with Crippen molar-refractivity contribution in [3.8, 4) is 22.8 Å². The Morgan fingerprint density at radius 2 is 1.79 bits per heavy atom. The molecule has 34 heavy (non-hydrogen) atoms. The lowest BCUT2D eigenvalue weighted by Crippen LogP contribution is -2.49. The maximum atomic E-state index is 13.1. The normalized spacial score (nSPS) is 22.1. The van der Waals surface area contributed by atoms with Crippen LogP contribution in [0, 0.1) is 5.92 Å². The minimum absolute atomic E-state index is 0.310. The average molecular weight is 459 g/mol. The van der Waals surface area contributed by atoms with Crippen LogP contribution in [-0.2, 0) is 9.59 Å². The summed E-state index contributed by atoms with van der Waals surface area (Å²) in [5.41, 5.74) is 1.17. The summed E-state index contributed by atoms with van der Waals surface area (Å²) in [7, 11) is 0. The zero-order valence-corrected chi connectivity index (χ0v) is 18.9. The predicted molar refractivity (Wildman–Crippen MR) is 126 cm³/mol. The molecule has 2 aliphatic rings. The molecular formula is C25H26N6O3. The van der Waals surface area contributed by atoms with Crippen molar-refractivity contribution in [1.29, 1.82) is 0 Å². The van der Waals surface area contributed by atoms with Crippen molar-refractivity contribution in [2.24, 2.45) is 5.92 Å². The average Bonchev–Trinajstić information content (AvgIpc) is 3.42. The first kappa shape index (κ1) is 21.8. The smallest absolute Gasteiger partial charge is 0.324 e. The first-order valence-electron chi connectivity index (χ1n) is 11.5. The monoisotopic (exact) mass is 458 g/mol. The summed E-state index contributed by atoms with van der Waals surface area (Å²) in [5, 5.41) is 12.9. The summed E-state index contributed by atoms with van der Waals surface area (Å²) in [6.45, 7) is 1.80. The second-order valence-corrected chi connectivity index (χ2v) is 9.05. The first-order valence-corrected chi connectivity index (χ1v) is 11.5. The van der Waals surface area contributed by atoms with Crippen LogP contribution >= 0.6 is 0 Å². The van der Waals surface area contributed by atoms with E-state index in [-0.39, 0.29) is 12.5 Å². The topological polar surface area (TPSA) is 120 Å². The van der Waals surface area contributed by atoms with E-state index in [4.69, 9.17) is 0 Å².